The van der Waals surface area contributed by atoms with Crippen LogP contribution in [0.1, 0.15) is 5.56 Å². The predicted octanol–water partition coefficient (Wildman–Crippen LogP) is 5.05. The summed E-state index contributed by atoms with van der Waals surface area (Å²) in [7, 11) is 0. The monoisotopic (exact) mass is 306 g/mol. The lowest BCUT2D eigenvalue weighted by atomic mass is 10.1. The maximum atomic E-state index is 13.5. The molecule has 0 atom stereocenters. The second-order valence-corrected chi connectivity index (χ2v) is 5.20. The quantitative estimate of drug-likeness (QED) is 0.588. The highest BCUT2D eigenvalue weighted by Gasteiger charge is 2.11. The number of aromatic nitrogens is 2. The Bertz CT molecular complexity index is 818. The van der Waals surface area contributed by atoms with Crippen molar-refractivity contribution in [2.45, 2.75) is 6.92 Å². The Morgan fingerprint density at radius 3 is 2.60 bits per heavy atom. The van der Waals surface area contributed by atoms with E-state index in [0.717, 1.165) is 16.5 Å². The second-order valence-electron chi connectivity index (χ2n) is 4.44. The van der Waals surface area contributed by atoms with Crippen molar-refractivity contribution in [3.63, 3.8) is 0 Å². The van der Waals surface area contributed by atoms with Crippen molar-refractivity contribution < 1.29 is 4.39 Å². The Balaban J connectivity index is 2.26. The van der Waals surface area contributed by atoms with Crippen molar-refractivity contribution in [3.8, 4) is 11.4 Å². The summed E-state index contributed by atoms with van der Waals surface area (Å²) in [5.41, 5.74) is 2.29. The van der Waals surface area contributed by atoms with Gasteiger partial charge in [0, 0.05) is 10.9 Å². The van der Waals surface area contributed by atoms with E-state index in [-0.39, 0.29) is 5.02 Å². The first-order valence-electron chi connectivity index (χ1n) is 5.94. The molecule has 1 heterocycles. The number of benzene rings is 2. The fourth-order valence-corrected chi connectivity index (χ4v) is 2.37. The van der Waals surface area contributed by atoms with Crippen LogP contribution in [0.2, 0.25) is 10.2 Å². The van der Waals surface area contributed by atoms with Gasteiger partial charge in [-0.25, -0.2) is 14.4 Å². The minimum atomic E-state index is -0.506. The highest BCUT2D eigenvalue weighted by Crippen LogP contribution is 2.28. The van der Waals surface area contributed by atoms with Crippen LogP contribution >= 0.6 is 23.2 Å². The number of hydrogen-bond donors (Lipinski definition) is 0. The second kappa shape index (κ2) is 5.00. The van der Waals surface area contributed by atoms with E-state index in [9.17, 15) is 4.39 Å². The number of rotatable bonds is 1. The number of nitrogens with zero attached hydrogens (tertiary/aromatic N) is 2. The van der Waals surface area contributed by atoms with Crippen molar-refractivity contribution in [3.05, 3.63) is 58.0 Å². The van der Waals surface area contributed by atoms with Gasteiger partial charge in [-0.2, -0.15) is 0 Å². The molecule has 3 rings (SSSR count). The molecule has 0 amide bonds. The Hall–Kier alpha value is -1.71. The number of hydrogen-bond acceptors (Lipinski definition) is 2. The minimum Gasteiger partial charge on any atom is -0.228 e. The van der Waals surface area contributed by atoms with Crippen molar-refractivity contribution in [1.82, 2.24) is 9.97 Å². The molecule has 0 fully saturated rings. The lowest BCUT2D eigenvalue weighted by Gasteiger charge is -2.07. The van der Waals surface area contributed by atoms with Gasteiger partial charge in [0.1, 0.15) is 11.0 Å². The van der Waals surface area contributed by atoms with Gasteiger partial charge in [-0.15, -0.1) is 0 Å². The Morgan fingerprint density at radius 2 is 1.85 bits per heavy atom. The molecule has 1 aromatic heterocycles. The van der Waals surface area contributed by atoms with Crippen LogP contribution in [0, 0.1) is 12.7 Å². The first kappa shape index (κ1) is 13.3. The molecule has 0 unspecified atom stereocenters. The molecule has 100 valence electrons. The third kappa shape index (κ3) is 2.23. The van der Waals surface area contributed by atoms with Crippen LogP contribution in [0.25, 0.3) is 22.3 Å². The maximum Gasteiger partial charge on any atom is 0.161 e. The van der Waals surface area contributed by atoms with Crippen molar-refractivity contribution in [1.29, 1.82) is 0 Å². The average Bonchev–Trinajstić information content (AvgIpc) is 2.43. The lowest BCUT2D eigenvalue weighted by molar-refractivity contribution is 0.628. The Kier molecular flexibility index (Phi) is 3.32. The molecule has 3 aromatic rings. The molecule has 0 aliphatic heterocycles. The fraction of sp³-hybridized carbons (Fsp3) is 0.0667. The van der Waals surface area contributed by atoms with E-state index in [1.54, 1.807) is 6.07 Å². The third-order valence-electron chi connectivity index (χ3n) is 3.06. The SMILES string of the molecule is Cc1cccc2c(Cl)nc(-c3ccc(Cl)c(F)c3)nc12. The van der Waals surface area contributed by atoms with Crippen molar-refractivity contribution in [2.24, 2.45) is 0 Å². The first-order valence-corrected chi connectivity index (χ1v) is 6.70. The average molecular weight is 307 g/mol. The highest BCUT2D eigenvalue weighted by molar-refractivity contribution is 6.34. The lowest BCUT2D eigenvalue weighted by Crippen LogP contribution is -1.94. The molecule has 0 saturated carbocycles. The zero-order valence-electron chi connectivity index (χ0n) is 10.5. The number of halogens is 3. The summed E-state index contributed by atoms with van der Waals surface area (Å²) in [6.07, 6.45) is 0. The van der Waals surface area contributed by atoms with Gasteiger partial charge in [0.05, 0.1) is 10.5 Å². The molecule has 0 aliphatic carbocycles. The summed E-state index contributed by atoms with van der Waals surface area (Å²) < 4.78 is 13.5. The summed E-state index contributed by atoms with van der Waals surface area (Å²) >= 11 is 11.9. The Morgan fingerprint density at radius 1 is 1.05 bits per heavy atom. The van der Waals surface area contributed by atoms with E-state index in [0.29, 0.717) is 16.5 Å². The fourth-order valence-electron chi connectivity index (χ4n) is 2.02. The zero-order valence-corrected chi connectivity index (χ0v) is 12.0. The van der Waals surface area contributed by atoms with E-state index in [2.05, 4.69) is 9.97 Å². The maximum absolute atomic E-state index is 13.5. The summed E-state index contributed by atoms with van der Waals surface area (Å²) in [6.45, 7) is 1.94. The molecule has 0 radical (unpaired) electrons. The van der Waals surface area contributed by atoms with Crippen molar-refractivity contribution in [2.75, 3.05) is 0 Å². The van der Waals surface area contributed by atoms with Crippen LogP contribution in [-0.2, 0) is 0 Å². The zero-order chi connectivity index (χ0) is 14.3. The van der Waals surface area contributed by atoms with Gasteiger partial charge in [0.25, 0.3) is 0 Å². The summed E-state index contributed by atoms with van der Waals surface area (Å²) in [4.78, 5) is 8.70. The molecular weight excluding hydrogens is 298 g/mol. The van der Waals surface area contributed by atoms with E-state index >= 15 is 0 Å². The van der Waals surface area contributed by atoms with Gasteiger partial charge in [0.2, 0.25) is 0 Å². The molecule has 0 aliphatic rings. The number of aryl methyl sites for hydroxylation is 1. The van der Waals surface area contributed by atoms with Crippen molar-refractivity contribution >= 4 is 34.1 Å². The molecule has 2 nitrogen and oxygen atoms in total. The molecule has 5 heteroatoms. The standard InChI is InChI=1S/C15H9Cl2FN2/c1-8-3-2-4-10-13(8)19-15(20-14(10)17)9-5-6-11(16)12(18)7-9/h2-7H,1H3. The summed E-state index contributed by atoms with van der Waals surface area (Å²) in [6, 6.07) is 10.1. The molecule has 0 bridgehead atoms. The van der Waals surface area contributed by atoms with Crippen LogP contribution < -0.4 is 0 Å². The Labute approximate surface area is 125 Å². The predicted molar refractivity (Wildman–Crippen MR) is 79.7 cm³/mol. The van der Waals surface area contributed by atoms with Gasteiger partial charge in [-0.05, 0) is 36.8 Å². The summed E-state index contributed by atoms with van der Waals surface area (Å²) in [5.74, 6) is -0.124. The van der Waals surface area contributed by atoms with E-state index in [4.69, 9.17) is 23.2 Å². The van der Waals surface area contributed by atoms with E-state index in [1.807, 2.05) is 25.1 Å². The van der Waals surface area contributed by atoms with E-state index < -0.39 is 5.82 Å². The van der Waals surface area contributed by atoms with Crippen LogP contribution in [0.5, 0.6) is 0 Å². The largest absolute Gasteiger partial charge is 0.228 e. The molecular formula is C15H9Cl2FN2. The highest BCUT2D eigenvalue weighted by atomic mass is 35.5. The van der Waals surface area contributed by atoms with Gasteiger partial charge in [0.15, 0.2) is 5.82 Å². The molecule has 0 spiro atoms. The summed E-state index contributed by atoms with van der Waals surface area (Å²) in [5, 5.41) is 1.20. The van der Waals surface area contributed by atoms with E-state index in [1.165, 1.54) is 12.1 Å². The van der Waals surface area contributed by atoms with Gasteiger partial charge >= 0.3 is 0 Å². The third-order valence-corrected chi connectivity index (χ3v) is 3.65. The molecule has 2 aromatic carbocycles. The molecule has 0 N–H and O–H groups in total. The smallest absolute Gasteiger partial charge is 0.161 e. The van der Waals surface area contributed by atoms with Gasteiger partial charge < -0.3 is 0 Å². The number of para-hydroxylation sites is 1. The normalized spacial score (nSPS) is 11.0. The minimum absolute atomic E-state index is 0.0665. The van der Waals surface area contributed by atoms with Crippen LogP contribution in [-0.4, -0.2) is 9.97 Å². The number of fused-ring (bicyclic) bond motifs is 1. The first-order chi connectivity index (χ1) is 9.56. The molecule has 20 heavy (non-hydrogen) atoms. The van der Waals surface area contributed by atoms with Gasteiger partial charge in [-0.3, -0.25) is 0 Å². The molecule has 0 saturated heterocycles. The topological polar surface area (TPSA) is 25.8 Å². The van der Waals surface area contributed by atoms with Crippen LogP contribution in [0.4, 0.5) is 4.39 Å². The van der Waals surface area contributed by atoms with Crippen LogP contribution in [0.3, 0.4) is 0 Å². The van der Waals surface area contributed by atoms with Gasteiger partial charge in [-0.1, -0.05) is 35.3 Å². The van der Waals surface area contributed by atoms with Crippen LogP contribution in [0.15, 0.2) is 36.4 Å².